The van der Waals surface area contributed by atoms with Crippen LogP contribution in [0.1, 0.15) is 11.7 Å². The van der Waals surface area contributed by atoms with Crippen LogP contribution in [0.4, 0.5) is 11.6 Å². The Labute approximate surface area is 159 Å². The van der Waals surface area contributed by atoms with Gasteiger partial charge in [0.2, 0.25) is 0 Å². The van der Waals surface area contributed by atoms with Gasteiger partial charge in [-0.2, -0.15) is 0 Å². The molecular formula is C21H24N4O2. The van der Waals surface area contributed by atoms with Crippen molar-refractivity contribution in [3.05, 3.63) is 54.4 Å². The van der Waals surface area contributed by atoms with E-state index in [2.05, 4.69) is 45.2 Å². The lowest BCUT2D eigenvalue weighted by Crippen LogP contribution is -2.39. The molecule has 1 atom stereocenters. The molecular weight excluding hydrogens is 340 g/mol. The quantitative estimate of drug-likeness (QED) is 0.708. The van der Waals surface area contributed by atoms with Gasteiger partial charge in [-0.15, -0.1) is 0 Å². The molecule has 1 aliphatic rings. The third kappa shape index (κ3) is 3.66. The number of hydrogen-bond donors (Lipinski definition) is 0. The number of aromatic nitrogens is 2. The van der Waals surface area contributed by atoms with Gasteiger partial charge in [0.1, 0.15) is 29.8 Å². The van der Waals surface area contributed by atoms with Gasteiger partial charge < -0.3 is 19.3 Å². The van der Waals surface area contributed by atoms with Gasteiger partial charge in [0.15, 0.2) is 0 Å². The number of hydrogen-bond acceptors (Lipinski definition) is 6. The summed E-state index contributed by atoms with van der Waals surface area (Å²) in [4.78, 5) is 13.0. The van der Waals surface area contributed by atoms with Crippen LogP contribution in [0, 0.1) is 0 Å². The Morgan fingerprint density at radius 1 is 1.07 bits per heavy atom. The average Bonchev–Trinajstić information content (AvgIpc) is 2.73. The SMILES string of the molecule is COc1ccc2cc([C@H]3CN(c4cc(N(C)C)ncn4)CCO3)ccc2c1. The van der Waals surface area contributed by atoms with Gasteiger partial charge in [-0.3, -0.25) is 0 Å². The molecule has 1 saturated heterocycles. The first-order valence-corrected chi connectivity index (χ1v) is 9.07. The van der Waals surface area contributed by atoms with E-state index >= 15 is 0 Å². The van der Waals surface area contributed by atoms with E-state index in [0.29, 0.717) is 6.61 Å². The second kappa shape index (κ2) is 7.40. The maximum atomic E-state index is 6.07. The average molecular weight is 364 g/mol. The molecule has 0 spiro atoms. The number of methoxy groups -OCH3 is 1. The Hall–Kier alpha value is -2.86. The zero-order valence-electron chi connectivity index (χ0n) is 15.9. The molecule has 6 heteroatoms. The number of morpholine rings is 1. The maximum Gasteiger partial charge on any atom is 0.134 e. The van der Waals surface area contributed by atoms with E-state index in [4.69, 9.17) is 9.47 Å². The lowest BCUT2D eigenvalue weighted by atomic mass is 10.0. The molecule has 2 aromatic carbocycles. The molecule has 140 valence electrons. The van der Waals surface area contributed by atoms with Crippen LogP contribution in [0.5, 0.6) is 5.75 Å². The number of nitrogens with zero attached hydrogens (tertiary/aromatic N) is 4. The van der Waals surface area contributed by atoms with E-state index in [-0.39, 0.29) is 6.10 Å². The lowest BCUT2D eigenvalue weighted by molar-refractivity contribution is 0.0396. The van der Waals surface area contributed by atoms with Crippen molar-refractivity contribution in [1.82, 2.24) is 9.97 Å². The van der Waals surface area contributed by atoms with Crippen LogP contribution >= 0.6 is 0 Å². The molecule has 0 N–H and O–H groups in total. The number of anilines is 2. The van der Waals surface area contributed by atoms with E-state index in [0.717, 1.165) is 35.9 Å². The van der Waals surface area contributed by atoms with E-state index < -0.39 is 0 Å². The van der Waals surface area contributed by atoms with Gasteiger partial charge in [-0.25, -0.2) is 9.97 Å². The van der Waals surface area contributed by atoms with Gasteiger partial charge in [0.25, 0.3) is 0 Å². The van der Waals surface area contributed by atoms with Crippen molar-refractivity contribution < 1.29 is 9.47 Å². The highest BCUT2D eigenvalue weighted by Crippen LogP contribution is 2.29. The molecule has 1 aliphatic heterocycles. The zero-order valence-corrected chi connectivity index (χ0v) is 15.9. The molecule has 0 unspecified atom stereocenters. The Balaban J connectivity index is 1.57. The van der Waals surface area contributed by atoms with Crippen molar-refractivity contribution in [1.29, 1.82) is 0 Å². The van der Waals surface area contributed by atoms with Crippen molar-refractivity contribution >= 4 is 22.4 Å². The second-order valence-electron chi connectivity index (χ2n) is 6.91. The van der Waals surface area contributed by atoms with E-state index in [1.54, 1.807) is 13.4 Å². The highest BCUT2D eigenvalue weighted by molar-refractivity contribution is 5.84. The minimum Gasteiger partial charge on any atom is -0.497 e. The summed E-state index contributed by atoms with van der Waals surface area (Å²) < 4.78 is 11.4. The molecule has 0 aliphatic carbocycles. The third-order valence-corrected chi connectivity index (χ3v) is 4.93. The van der Waals surface area contributed by atoms with Crippen molar-refractivity contribution in [3.8, 4) is 5.75 Å². The van der Waals surface area contributed by atoms with Crippen molar-refractivity contribution in [2.24, 2.45) is 0 Å². The van der Waals surface area contributed by atoms with Crippen LogP contribution in [-0.4, -0.2) is 50.9 Å². The van der Waals surface area contributed by atoms with Crippen molar-refractivity contribution in [3.63, 3.8) is 0 Å². The van der Waals surface area contributed by atoms with Crippen molar-refractivity contribution in [2.75, 3.05) is 50.7 Å². The van der Waals surface area contributed by atoms with Crippen LogP contribution in [0.2, 0.25) is 0 Å². The third-order valence-electron chi connectivity index (χ3n) is 4.93. The first-order chi connectivity index (χ1) is 13.1. The summed E-state index contributed by atoms with van der Waals surface area (Å²) in [7, 11) is 5.66. The highest BCUT2D eigenvalue weighted by atomic mass is 16.5. The summed E-state index contributed by atoms with van der Waals surface area (Å²) in [6.45, 7) is 2.27. The largest absolute Gasteiger partial charge is 0.497 e. The Kier molecular flexibility index (Phi) is 4.81. The van der Waals surface area contributed by atoms with E-state index in [1.165, 1.54) is 10.9 Å². The zero-order chi connectivity index (χ0) is 18.8. The molecule has 3 aromatic rings. The fourth-order valence-electron chi connectivity index (χ4n) is 3.38. The smallest absolute Gasteiger partial charge is 0.134 e. The fraction of sp³-hybridized carbons (Fsp3) is 0.333. The number of rotatable bonds is 4. The minimum absolute atomic E-state index is 0.0167. The number of ether oxygens (including phenoxy) is 2. The monoisotopic (exact) mass is 364 g/mol. The second-order valence-corrected chi connectivity index (χ2v) is 6.91. The van der Waals surface area contributed by atoms with Gasteiger partial charge in [0, 0.05) is 33.3 Å². The number of fused-ring (bicyclic) bond motifs is 1. The first kappa shape index (κ1) is 17.5. The predicted octanol–water partition coefficient (Wildman–Crippen LogP) is 3.28. The summed E-state index contributed by atoms with van der Waals surface area (Å²) in [6, 6.07) is 14.6. The molecule has 0 saturated carbocycles. The lowest BCUT2D eigenvalue weighted by Gasteiger charge is -2.34. The highest BCUT2D eigenvalue weighted by Gasteiger charge is 2.23. The summed E-state index contributed by atoms with van der Waals surface area (Å²) in [6.07, 6.45) is 1.64. The van der Waals surface area contributed by atoms with E-state index in [9.17, 15) is 0 Å². The molecule has 0 bridgehead atoms. The number of benzene rings is 2. The van der Waals surface area contributed by atoms with E-state index in [1.807, 2.05) is 31.1 Å². The molecule has 0 radical (unpaired) electrons. The molecule has 27 heavy (non-hydrogen) atoms. The molecule has 1 fully saturated rings. The minimum atomic E-state index is 0.0167. The summed E-state index contributed by atoms with van der Waals surface area (Å²) in [5, 5.41) is 2.35. The van der Waals surface area contributed by atoms with Gasteiger partial charge in [-0.05, 0) is 34.5 Å². The normalized spacial score (nSPS) is 17.1. The molecule has 6 nitrogen and oxygen atoms in total. The predicted molar refractivity (Wildman–Crippen MR) is 108 cm³/mol. The molecule has 0 amide bonds. The Bertz CT molecular complexity index is 944. The fourth-order valence-corrected chi connectivity index (χ4v) is 3.38. The van der Waals surface area contributed by atoms with Crippen LogP contribution in [0.15, 0.2) is 48.8 Å². The van der Waals surface area contributed by atoms with Crippen LogP contribution < -0.4 is 14.5 Å². The summed E-state index contributed by atoms with van der Waals surface area (Å²) in [5.41, 5.74) is 1.18. The Morgan fingerprint density at radius 2 is 1.89 bits per heavy atom. The molecule has 1 aromatic heterocycles. The van der Waals surface area contributed by atoms with Gasteiger partial charge in [-0.1, -0.05) is 18.2 Å². The van der Waals surface area contributed by atoms with Crippen LogP contribution in [-0.2, 0) is 4.74 Å². The van der Waals surface area contributed by atoms with Crippen molar-refractivity contribution in [2.45, 2.75) is 6.10 Å². The summed E-state index contributed by atoms with van der Waals surface area (Å²) in [5.74, 6) is 2.71. The topological polar surface area (TPSA) is 50.7 Å². The molecule has 2 heterocycles. The standard InChI is InChI=1S/C21H24N4O2/c1-24(2)20-12-21(23-14-22-20)25-8-9-27-19(13-25)17-5-4-16-11-18(26-3)7-6-15(16)10-17/h4-7,10-12,14,19H,8-9,13H2,1-3H3/t19-/m1/s1. The Morgan fingerprint density at radius 3 is 2.70 bits per heavy atom. The first-order valence-electron chi connectivity index (χ1n) is 9.07. The van der Waals surface area contributed by atoms with Gasteiger partial charge in [0.05, 0.1) is 13.7 Å². The van der Waals surface area contributed by atoms with Gasteiger partial charge >= 0.3 is 0 Å². The summed E-state index contributed by atoms with van der Waals surface area (Å²) >= 11 is 0. The van der Waals surface area contributed by atoms with Crippen LogP contribution in [0.25, 0.3) is 10.8 Å². The maximum absolute atomic E-state index is 6.07. The van der Waals surface area contributed by atoms with Crippen LogP contribution in [0.3, 0.4) is 0 Å². The molecule has 4 rings (SSSR count).